The molecule has 0 spiro atoms. The number of benzene rings is 1. The number of hydrogen-bond acceptors (Lipinski definition) is 6. The molecule has 25 heavy (non-hydrogen) atoms. The quantitative estimate of drug-likeness (QED) is 0.779. The highest BCUT2D eigenvalue weighted by Crippen LogP contribution is 2.47. The average Bonchev–Trinajstić information content (AvgIpc) is 3.30. The standard InChI is InChI=1S/C19H23N3O3/c1-24-19(23)16-11-15(16)18-20-17(21-25-18)14-7-5-6-13(10-14)12-22-8-3-2-4-9-22/h5-7,10,15-16H,2-4,8-9,11-12H2,1H3. The molecular weight excluding hydrogens is 318 g/mol. The zero-order valence-corrected chi connectivity index (χ0v) is 14.5. The van der Waals surface area contributed by atoms with Crippen LogP contribution in [0.2, 0.25) is 0 Å². The Morgan fingerprint density at radius 2 is 2.16 bits per heavy atom. The number of nitrogens with zero attached hydrogens (tertiary/aromatic N) is 3. The largest absolute Gasteiger partial charge is 0.469 e. The predicted molar refractivity (Wildman–Crippen MR) is 91.7 cm³/mol. The lowest BCUT2D eigenvalue weighted by atomic mass is 10.1. The number of methoxy groups -OCH3 is 1. The van der Waals surface area contributed by atoms with E-state index >= 15 is 0 Å². The Morgan fingerprint density at radius 3 is 2.96 bits per heavy atom. The fourth-order valence-electron chi connectivity index (χ4n) is 3.57. The molecule has 1 saturated heterocycles. The van der Waals surface area contributed by atoms with Crippen LogP contribution in [0.1, 0.15) is 43.1 Å². The lowest BCUT2D eigenvalue weighted by Crippen LogP contribution is -2.29. The molecule has 2 atom stereocenters. The van der Waals surface area contributed by atoms with E-state index in [0.29, 0.717) is 11.7 Å². The number of carbonyl (C=O) groups excluding carboxylic acids is 1. The highest BCUT2D eigenvalue weighted by Gasteiger charge is 2.48. The molecule has 2 aromatic rings. The van der Waals surface area contributed by atoms with Crippen LogP contribution in [0.25, 0.3) is 11.4 Å². The summed E-state index contributed by atoms with van der Waals surface area (Å²) in [5.74, 6) is 0.792. The zero-order chi connectivity index (χ0) is 17.2. The van der Waals surface area contributed by atoms with E-state index in [-0.39, 0.29) is 17.8 Å². The zero-order valence-electron chi connectivity index (χ0n) is 14.5. The van der Waals surface area contributed by atoms with Gasteiger partial charge in [-0.1, -0.05) is 29.8 Å². The number of ether oxygens (including phenoxy) is 1. The molecule has 6 heteroatoms. The molecule has 0 N–H and O–H groups in total. The van der Waals surface area contributed by atoms with E-state index in [1.54, 1.807) is 0 Å². The molecule has 1 saturated carbocycles. The second kappa shape index (κ2) is 6.96. The predicted octanol–water partition coefficient (Wildman–Crippen LogP) is 3.00. The number of esters is 1. The summed E-state index contributed by atoms with van der Waals surface area (Å²) in [6, 6.07) is 8.32. The highest BCUT2D eigenvalue weighted by atomic mass is 16.5. The third kappa shape index (κ3) is 3.58. The lowest BCUT2D eigenvalue weighted by Gasteiger charge is -2.26. The van der Waals surface area contributed by atoms with E-state index < -0.39 is 0 Å². The van der Waals surface area contributed by atoms with Gasteiger partial charge in [0.05, 0.1) is 18.9 Å². The van der Waals surface area contributed by atoms with Gasteiger partial charge in [0, 0.05) is 12.1 Å². The second-order valence-electron chi connectivity index (χ2n) is 6.97. The Hall–Kier alpha value is -2.21. The summed E-state index contributed by atoms with van der Waals surface area (Å²) in [4.78, 5) is 18.5. The van der Waals surface area contributed by atoms with Gasteiger partial charge in [-0.3, -0.25) is 9.69 Å². The molecule has 1 aliphatic carbocycles. The van der Waals surface area contributed by atoms with Crippen LogP contribution in [0.3, 0.4) is 0 Å². The Kier molecular flexibility index (Phi) is 4.53. The number of aromatic nitrogens is 2. The van der Waals surface area contributed by atoms with Gasteiger partial charge in [-0.05, 0) is 44.0 Å². The van der Waals surface area contributed by atoms with Crippen molar-refractivity contribution in [2.75, 3.05) is 20.2 Å². The van der Waals surface area contributed by atoms with E-state index in [9.17, 15) is 4.79 Å². The first-order valence-electron chi connectivity index (χ1n) is 8.97. The first kappa shape index (κ1) is 16.3. The molecule has 0 radical (unpaired) electrons. The first-order chi connectivity index (χ1) is 12.2. The van der Waals surface area contributed by atoms with Crippen LogP contribution in [0.4, 0.5) is 0 Å². The van der Waals surface area contributed by atoms with E-state index in [2.05, 4.69) is 27.2 Å². The lowest BCUT2D eigenvalue weighted by molar-refractivity contribution is -0.142. The van der Waals surface area contributed by atoms with Crippen LogP contribution in [-0.4, -0.2) is 41.2 Å². The van der Waals surface area contributed by atoms with E-state index in [1.807, 2.05) is 12.1 Å². The van der Waals surface area contributed by atoms with Crippen molar-refractivity contribution < 1.29 is 14.1 Å². The summed E-state index contributed by atoms with van der Waals surface area (Å²) in [6.07, 6.45) is 4.65. The molecule has 1 aliphatic heterocycles. The molecule has 2 unspecified atom stereocenters. The summed E-state index contributed by atoms with van der Waals surface area (Å²) in [6.45, 7) is 3.31. The van der Waals surface area contributed by atoms with Gasteiger partial charge in [-0.2, -0.15) is 4.98 Å². The van der Waals surface area contributed by atoms with Crippen LogP contribution >= 0.6 is 0 Å². The number of hydrogen-bond donors (Lipinski definition) is 0. The van der Waals surface area contributed by atoms with Crippen molar-refractivity contribution in [3.8, 4) is 11.4 Å². The number of piperidine rings is 1. The first-order valence-corrected chi connectivity index (χ1v) is 8.97. The topological polar surface area (TPSA) is 68.5 Å². The Balaban J connectivity index is 1.45. The molecule has 2 fully saturated rings. The van der Waals surface area contributed by atoms with E-state index in [0.717, 1.165) is 18.5 Å². The van der Waals surface area contributed by atoms with Gasteiger partial charge in [0.1, 0.15) is 0 Å². The van der Waals surface area contributed by atoms with Gasteiger partial charge in [-0.25, -0.2) is 0 Å². The van der Waals surface area contributed by atoms with Gasteiger partial charge in [-0.15, -0.1) is 0 Å². The molecule has 1 aromatic carbocycles. The second-order valence-corrected chi connectivity index (χ2v) is 6.97. The fourth-order valence-corrected chi connectivity index (χ4v) is 3.57. The van der Waals surface area contributed by atoms with Crippen LogP contribution in [0.15, 0.2) is 28.8 Å². The van der Waals surface area contributed by atoms with Gasteiger partial charge >= 0.3 is 5.97 Å². The van der Waals surface area contributed by atoms with Gasteiger partial charge in [0.25, 0.3) is 0 Å². The maximum absolute atomic E-state index is 11.6. The van der Waals surface area contributed by atoms with Gasteiger partial charge in [0.2, 0.25) is 11.7 Å². The minimum absolute atomic E-state index is 0.00484. The van der Waals surface area contributed by atoms with Gasteiger partial charge < -0.3 is 9.26 Å². The summed E-state index contributed by atoms with van der Waals surface area (Å²) in [5.41, 5.74) is 2.23. The van der Waals surface area contributed by atoms with Gasteiger partial charge in [0.15, 0.2) is 0 Å². The summed E-state index contributed by atoms with van der Waals surface area (Å²) in [5, 5.41) is 4.10. The number of likely N-dealkylation sites (tertiary alicyclic amines) is 1. The minimum Gasteiger partial charge on any atom is -0.469 e. The van der Waals surface area contributed by atoms with Crippen molar-refractivity contribution in [1.29, 1.82) is 0 Å². The average molecular weight is 341 g/mol. The molecule has 2 heterocycles. The van der Waals surface area contributed by atoms with Crippen LogP contribution in [0, 0.1) is 5.92 Å². The smallest absolute Gasteiger partial charge is 0.309 e. The minimum atomic E-state index is -0.201. The molecule has 2 aliphatic rings. The fraction of sp³-hybridized carbons (Fsp3) is 0.526. The Morgan fingerprint density at radius 1 is 1.32 bits per heavy atom. The highest BCUT2D eigenvalue weighted by molar-refractivity contribution is 5.76. The van der Waals surface area contributed by atoms with Crippen molar-refractivity contribution in [1.82, 2.24) is 15.0 Å². The van der Waals surface area contributed by atoms with Crippen LogP contribution in [0.5, 0.6) is 0 Å². The summed E-state index contributed by atoms with van der Waals surface area (Å²) in [7, 11) is 1.41. The van der Waals surface area contributed by atoms with E-state index in [4.69, 9.17) is 9.26 Å². The molecular formula is C19H23N3O3. The van der Waals surface area contributed by atoms with Crippen molar-refractivity contribution >= 4 is 5.97 Å². The Bertz CT molecular complexity index is 752. The van der Waals surface area contributed by atoms with Crippen LogP contribution < -0.4 is 0 Å². The molecule has 0 amide bonds. The molecule has 4 rings (SSSR count). The Labute approximate surface area is 147 Å². The molecule has 0 bridgehead atoms. The molecule has 1 aromatic heterocycles. The van der Waals surface area contributed by atoms with Crippen LogP contribution in [-0.2, 0) is 16.1 Å². The third-order valence-corrected chi connectivity index (χ3v) is 5.09. The van der Waals surface area contributed by atoms with Crippen molar-refractivity contribution in [3.63, 3.8) is 0 Å². The van der Waals surface area contributed by atoms with Crippen molar-refractivity contribution in [2.24, 2.45) is 5.92 Å². The SMILES string of the molecule is COC(=O)C1CC1c1nc(-c2cccc(CN3CCCCC3)c2)no1. The van der Waals surface area contributed by atoms with Crippen molar-refractivity contribution in [2.45, 2.75) is 38.1 Å². The number of carbonyl (C=O) groups is 1. The molecule has 6 nitrogen and oxygen atoms in total. The maximum atomic E-state index is 11.6. The number of rotatable bonds is 5. The van der Waals surface area contributed by atoms with E-state index in [1.165, 1.54) is 45.0 Å². The monoisotopic (exact) mass is 341 g/mol. The third-order valence-electron chi connectivity index (χ3n) is 5.09. The maximum Gasteiger partial charge on any atom is 0.309 e. The van der Waals surface area contributed by atoms with Crippen molar-refractivity contribution in [3.05, 3.63) is 35.7 Å². The summed E-state index contributed by atoms with van der Waals surface area (Å²) >= 11 is 0. The normalized spacial score (nSPS) is 23.4. The summed E-state index contributed by atoms with van der Waals surface area (Å²) < 4.78 is 10.2. The molecule has 132 valence electrons.